The predicted octanol–water partition coefficient (Wildman–Crippen LogP) is 4.59. The number of carbonyl (C=O) groups is 1. The second-order valence-electron chi connectivity index (χ2n) is 5.97. The molecule has 8 heteroatoms. The number of benzene rings is 3. The SMILES string of the molecule is O=C(N/N=C\c1ccc(OCc2ccccc2)cc1)c1ccc(Cl)c([N+](=O)[O-])c1. The highest BCUT2D eigenvalue weighted by atomic mass is 35.5. The zero-order chi connectivity index (χ0) is 20.6. The lowest BCUT2D eigenvalue weighted by atomic mass is 10.2. The van der Waals surface area contributed by atoms with Gasteiger partial charge in [-0.2, -0.15) is 5.10 Å². The number of nitrogens with one attached hydrogen (secondary N) is 1. The first kappa shape index (κ1) is 20.0. The molecule has 0 aromatic heterocycles. The van der Waals surface area contributed by atoms with Crippen LogP contribution in [0.1, 0.15) is 21.5 Å². The fourth-order valence-corrected chi connectivity index (χ4v) is 2.60. The summed E-state index contributed by atoms with van der Waals surface area (Å²) in [6, 6.07) is 20.8. The summed E-state index contributed by atoms with van der Waals surface area (Å²) < 4.78 is 5.71. The molecule has 0 aliphatic rings. The Morgan fingerprint density at radius 1 is 1.10 bits per heavy atom. The molecular formula is C21H16ClN3O4. The molecule has 7 nitrogen and oxygen atoms in total. The van der Waals surface area contributed by atoms with E-state index in [2.05, 4.69) is 10.5 Å². The van der Waals surface area contributed by atoms with E-state index in [0.717, 1.165) is 17.2 Å². The summed E-state index contributed by atoms with van der Waals surface area (Å²) in [5.74, 6) is 0.132. The van der Waals surface area contributed by atoms with Gasteiger partial charge < -0.3 is 4.74 Å². The van der Waals surface area contributed by atoms with Gasteiger partial charge in [-0.3, -0.25) is 14.9 Å². The minimum atomic E-state index is -0.649. The first-order valence-corrected chi connectivity index (χ1v) is 8.95. The fourth-order valence-electron chi connectivity index (χ4n) is 2.41. The molecular weight excluding hydrogens is 394 g/mol. The van der Waals surface area contributed by atoms with Gasteiger partial charge in [0.1, 0.15) is 17.4 Å². The average molecular weight is 410 g/mol. The molecule has 0 saturated carbocycles. The lowest BCUT2D eigenvalue weighted by Gasteiger charge is -2.06. The molecule has 0 spiro atoms. The van der Waals surface area contributed by atoms with E-state index in [4.69, 9.17) is 16.3 Å². The topological polar surface area (TPSA) is 93.8 Å². The molecule has 0 aliphatic carbocycles. The molecule has 3 rings (SSSR count). The molecule has 0 heterocycles. The largest absolute Gasteiger partial charge is 0.489 e. The number of nitro benzene ring substituents is 1. The third-order valence-electron chi connectivity index (χ3n) is 3.91. The van der Waals surface area contributed by atoms with Crippen molar-refractivity contribution in [1.29, 1.82) is 0 Å². The molecule has 3 aromatic carbocycles. The summed E-state index contributed by atoms with van der Waals surface area (Å²) >= 11 is 5.74. The Morgan fingerprint density at radius 3 is 2.52 bits per heavy atom. The van der Waals surface area contributed by atoms with Gasteiger partial charge in [-0.15, -0.1) is 0 Å². The van der Waals surface area contributed by atoms with Crippen LogP contribution in [0.3, 0.4) is 0 Å². The standard InChI is InChI=1S/C21H16ClN3O4/c22-19-11-8-17(12-20(19)25(27)28)21(26)24-23-13-15-6-9-18(10-7-15)29-14-16-4-2-1-3-5-16/h1-13H,14H2,(H,24,26)/b23-13-. The van der Waals surface area contributed by atoms with Crippen molar-refractivity contribution in [2.75, 3.05) is 0 Å². The number of halogens is 1. The maximum Gasteiger partial charge on any atom is 0.288 e. The lowest BCUT2D eigenvalue weighted by molar-refractivity contribution is -0.384. The van der Waals surface area contributed by atoms with Gasteiger partial charge in [0.15, 0.2) is 0 Å². The molecule has 0 saturated heterocycles. The fraction of sp³-hybridized carbons (Fsp3) is 0.0476. The number of amides is 1. The number of nitro groups is 1. The number of hydrazone groups is 1. The zero-order valence-corrected chi connectivity index (χ0v) is 15.9. The number of nitrogens with zero attached hydrogens (tertiary/aromatic N) is 2. The van der Waals surface area contributed by atoms with Gasteiger partial charge in [0, 0.05) is 11.6 Å². The number of ether oxygens (including phenoxy) is 1. The van der Waals surface area contributed by atoms with E-state index >= 15 is 0 Å². The molecule has 1 amide bonds. The predicted molar refractivity (Wildman–Crippen MR) is 110 cm³/mol. The van der Waals surface area contributed by atoms with Crippen molar-refractivity contribution in [3.8, 4) is 5.75 Å². The van der Waals surface area contributed by atoms with Crippen LogP contribution in [0, 0.1) is 10.1 Å². The van der Waals surface area contributed by atoms with Gasteiger partial charge in [0.2, 0.25) is 0 Å². The molecule has 0 radical (unpaired) electrons. The zero-order valence-electron chi connectivity index (χ0n) is 15.1. The molecule has 1 N–H and O–H groups in total. The molecule has 29 heavy (non-hydrogen) atoms. The summed E-state index contributed by atoms with van der Waals surface area (Å²) in [4.78, 5) is 22.3. The van der Waals surface area contributed by atoms with Crippen molar-refractivity contribution in [1.82, 2.24) is 5.43 Å². The Labute approximate surface area is 171 Å². The van der Waals surface area contributed by atoms with E-state index in [-0.39, 0.29) is 16.3 Å². The van der Waals surface area contributed by atoms with Crippen molar-refractivity contribution in [2.45, 2.75) is 6.61 Å². The maximum atomic E-state index is 12.1. The van der Waals surface area contributed by atoms with Crippen LogP contribution in [0.25, 0.3) is 0 Å². The highest BCUT2D eigenvalue weighted by molar-refractivity contribution is 6.32. The highest BCUT2D eigenvalue weighted by Gasteiger charge is 2.15. The maximum absolute atomic E-state index is 12.1. The Bertz CT molecular complexity index is 1040. The highest BCUT2D eigenvalue weighted by Crippen LogP contribution is 2.25. The summed E-state index contributed by atoms with van der Waals surface area (Å²) in [6.07, 6.45) is 1.46. The monoisotopic (exact) mass is 409 g/mol. The number of hydrogen-bond donors (Lipinski definition) is 1. The lowest BCUT2D eigenvalue weighted by Crippen LogP contribution is -2.17. The minimum Gasteiger partial charge on any atom is -0.489 e. The molecule has 3 aromatic rings. The Kier molecular flexibility index (Phi) is 6.55. The Balaban J connectivity index is 1.55. The second kappa shape index (κ2) is 9.48. The molecule has 0 atom stereocenters. The third kappa shape index (κ3) is 5.63. The van der Waals surface area contributed by atoms with E-state index in [0.29, 0.717) is 12.4 Å². The van der Waals surface area contributed by atoms with Gasteiger partial charge in [-0.1, -0.05) is 41.9 Å². The van der Waals surface area contributed by atoms with Crippen LogP contribution in [-0.4, -0.2) is 17.0 Å². The normalized spacial score (nSPS) is 10.7. The van der Waals surface area contributed by atoms with E-state index < -0.39 is 10.8 Å². The van der Waals surface area contributed by atoms with Gasteiger partial charge in [0.05, 0.1) is 11.1 Å². The van der Waals surface area contributed by atoms with Crippen molar-refractivity contribution in [2.24, 2.45) is 5.10 Å². The van der Waals surface area contributed by atoms with Crippen LogP contribution < -0.4 is 10.2 Å². The van der Waals surface area contributed by atoms with Crippen LogP contribution in [0.4, 0.5) is 5.69 Å². The Morgan fingerprint density at radius 2 is 1.83 bits per heavy atom. The van der Waals surface area contributed by atoms with E-state index in [1.807, 2.05) is 30.3 Å². The third-order valence-corrected chi connectivity index (χ3v) is 4.23. The number of carbonyl (C=O) groups excluding carboxylic acids is 1. The Hall–Kier alpha value is -3.71. The summed E-state index contributed by atoms with van der Waals surface area (Å²) in [6.45, 7) is 0.470. The molecule has 0 aliphatic heterocycles. The van der Waals surface area contributed by atoms with Gasteiger partial charge >= 0.3 is 0 Å². The van der Waals surface area contributed by atoms with Crippen LogP contribution >= 0.6 is 11.6 Å². The molecule has 146 valence electrons. The van der Waals surface area contributed by atoms with E-state index in [1.54, 1.807) is 24.3 Å². The van der Waals surface area contributed by atoms with Gasteiger partial charge in [-0.05, 0) is 47.5 Å². The van der Waals surface area contributed by atoms with Crippen molar-refractivity contribution < 1.29 is 14.5 Å². The first-order chi connectivity index (χ1) is 14.0. The molecule has 0 unspecified atom stereocenters. The molecule has 0 fully saturated rings. The van der Waals surface area contributed by atoms with Crippen LogP contribution in [0.15, 0.2) is 77.9 Å². The minimum absolute atomic E-state index is 0.0374. The number of hydrogen-bond acceptors (Lipinski definition) is 5. The van der Waals surface area contributed by atoms with Crippen molar-refractivity contribution in [3.63, 3.8) is 0 Å². The quantitative estimate of drug-likeness (QED) is 0.351. The van der Waals surface area contributed by atoms with E-state index in [9.17, 15) is 14.9 Å². The van der Waals surface area contributed by atoms with Gasteiger partial charge in [-0.25, -0.2) is 5.43 Å². The summed E-state index contributed by atoms with van der Waals surface area (Å²) in [5.41, 5.74) is 3.90. The molecule has 0 bridgehead atoms. The summed E-state index contributed by atoms with van der Waals surface area (Å²) in [5, 5.41) is 14.7. The van der Waals surface area contributed by atoms with Crippen molar-refractivity contribution in [3.05, 3.63) is 105 Å². The van der Waals surface area contributed by atoms with Crippen molar-refractivity contribution >= 4 is 29.4 Å². The second-order valence-corrected chi connectivity index (χ2v) is 6.37. The van der Waals surface area contributed by atoms with Crippen LogP contribution in [0.5, 0.6) is 5.75 Å². The first-order valence-electron chi connectivity index (χ1n) is 8.57. The van der Waals surface area contributed by atoms with Gasteiger partial charge in [0.25, 0.3) is 11.6 Å². The van der Waals surface area contributed by atoms with Crippen LogP contribution in [0.2, 0.25) is 5.02 Å². The number of rotatable bonds is 7. The summed E-state index contributed by atoms with van der Waals surface area (Å²) in [7, 11) is 0. The smallest absolute Gasteiger partial charge is 0.288 e. The average Bonchev–Trinajstić information content (AvgIpc) is 2.74. The van der Waals surface area contributed by atoms with Crippen LogP contribution in [-0.2, 0) is 6.61 Å². The van der Waals surface area contributed by atoms with E-state index in [1.165, 1.54) is 18.3 Å².